The van der Waals surface area contributed by atoms with Crippen molar-refractivity contribution in [3.63, 3.8) is 0 Å². The predicted octanol–water partition coefficient (Wildman–Crippen LogP) is 0.576. The van der Waals surface area contributed by atoms with Crippen LogP contribution >= 0.6 is 0 Å². The van der Waals surface area contributed by atoms with E-state index in [-0.39, 0.29) is 13.1 Å². The van der Waals surface area contributed by atoms with Gasteiger partial charge in [0.05, 0.1) is 0 Å². The summed E-state index contributed by atoms with van der Waals surface area (Å²) in [6, 6.07) is 5.52. The highest BCUT2D eigenvalue weighted by molar-refractivity contribution is 6.41. The highest BCUT2D eigenvalue weighted by Crippen LogP contribution is 2.19. The molecule has 3 N–H and O–H groups in total. The number of aryl methyl sites for hydroxylation is 2. The molecule has 1 aromatic carbocycles. The zero-order valence-electron chi connectivity index (χ0n) is 11.9. The highest BCUT2D eigenvalue weighted by atomic mass is 16.2. The van der Waals surface area contributed by atoms with Gasteiger partial charge in [-0.25, -0.2) is 0 Å². The summed E-state index contributed by atoms with van der Waals surface area (Å²) in [7, 11) is 0. The van der Waals surface area contributed by atoms with Crippen molar-refractivity contribution >= 4 is 23.4 Å². The van der Waals surface area contributed by atoms with Crippen LogP contribution in [0.5, 0.6) is 0 Å². The lowest BCUT2D eigenvalue weighted by molar-refractivity contribution is -0.149. The maximum absolute atomic E-state index is 11.9. The number of nitrogens with zero attached hydrogens (tertiary/aromatic N) is 1. The quantitative estimate of drug-likeness (QED) is 0.790. The Kier molecular flexibility index (Phi) is 5.40. The SMILES string of the molecule is CC(=O)N(CCN)C(=O)C(=O)Nc1c(C)cccc1C. The van der Waals surface area contributed by atoms with Crippen molar-refractivity contribution in [1.29, 1.82) is 0 Å². The van der Waals surface area contributed by atoms with Gasteiger partial charge in [0.15, 0.2) is 0 Å². The van der Waals surface area contributed by atoms with Crippen LogP contribution in [-0.4, -0.2) is 35.7 Å². The summed E-state index contributed by atoms with van der Waals surface area (Å²) in [6.07, 6.45) is 0. The molecule has 0 fully saturated rings. The summed E-state index contributed by atoms with van der Waals surface area (Å²) >= 11 is 0. The normalized spacial score (nSPS) is 10.0. The smallest absolute Gasteiger partial charge is 0.318 e. The molecule has 3 amide bonds. The number of amides is 3. The highest BCUT2D eigenvalue weighted by Gasteiger charge is 2.25. The third-order valence-corrected chi connectivity index (χ3v) is 2.89. The molecular formula is C14H19N3O3. The van der Waals surface area contributed by atoms with Gasteiger partial charge in [-0.2, -0.15) is 0 Å². The molecule has 1 rings (SSSR count). The van der Waals surface area contributed by atoms with Crippen molar-refractivity contribution < 1.29 is 14.4 Å². The van der Waals surface area contributed by atoms with Gasteiger partial charge in [-0.15, -0.1) is 0 Å². The third kappa shape index (κ3) is 3.64. The Balaban J connectivity index is 2.90. The van der Waals surface area contributed by atoms with Crippen molar-refractivity contribution in [2.24, 2.45) is 5.73 Å². The Hall–Kier alpha value is -2.21. The largest absolute Gasteiger partial charge is 0.329 e. The second-order valence-corrected chi connectivity index (χ2v) is 4.49. The molecule has 0 spiro atoms. The molecule has 6 heteroatoms. The molecule has 0 saturated carbocycles. The van der Waals surface area contributed by atoms with Crippen molar-refractivity contribution in [1.82, 2.24) is 4.90 Å². The van der Waals surface area contributed by atoms with Gasteiger partial charge in [-0.05, 0) is 25.0 Å². The zero-order valence-corrected chi connectivity index (χ0v) is 11.9. The molecule has 0 unspecified atom stereocenters. The van der Waals surface area contributed by atoms with E-state index < -0.39 is 17.7 Å². The van der Waals surface area contributed by atoms with Crippen LogP contribution < -0.4 is 11.1 Å². The number of nitrogens with two attached hydrogens (primary N) is 1. The fourth-order valence-electron chi connectivity index (χ4n) is 1.83. The first-order valence-corrected chi connectivity index (χ1v) is 6.28. The summed E-state index contributed by atoms with van der Waals surface area (Å²) in [5, 5.41) is 2.55. The minimum atomic E-state index is -0.898. The summed E-state index contributed by atoms with van der Waals surface area (Å²) in [6.45, 7) is 5.02. The molecule has 6 nitrogen and oxygen atoms in total. The predicted molar refractivity (Wildman–Crippen MR) is 76.0 cm³/mol. The van der Waals surface area contributed by atoms with Gasteiger partial charge >= 0.3 is 11.8 Å². The maximum Gasteiger partial charge on any atom is 0.318 e. The minimum Gasteiger partial charge on any atom is -0.329 e. The van der Waals surface area contributed by atoms with Crippen LogP contribution in [0, 0.1) is 13.8 Å². The van der Waals surface area contributed by atoms with E-state index in [1.807, 2.05) is 32.0 Å². The Morgan fingerprint density at radius 3 is 2.20 bits per heavy atom. The maximum atomic E-state index is 11.9. The van der Waals surface area contributed by atoms with E-state index in [1.54, 1.807) is 0 Å². The minimum absolute atomic E-state index is 0.0222. The molecule has 0 saturated heterocycles. The molecular weight excluding hydrogens is 258 g/mol. The third-order valence-electron chi connectivity index (χ3n) is 2.89. The van der Waals surface area contributed by atoms with E-state index in [1.165, 1.54) is 6.92 Å². The van der Waals surface area contributed by atoms with Crippen LogP contribution in [0.4, 0.5) is 5.69 Å². The van der Waals surface area contributed by atoms with Crippen molar-refractivity contribution in [2.75, 3.05) is 18.4 Å². The van der Waals surface area contributed by atoms with E-state index in [9.17, 15) is 14.4 Å². The van der Waals surface area contributed by atoms with Gasteiger partial charge in [0.25, 0.3) is 0 Å². The van der Waals surface area contributed by atoms with Gasteiger partial charge in [0.2, 0.25) is 5.91 Å². The summed E-state index contributed by atoms with van der Waals surface area (Å²) in [5.74, 6) is -2.24. The molecule has 0 aliphatic carbocycles. The van der Waals surface area contributed by atoms with E-state index >= 15 is 0 Å². The van der Waals surface area contributed by atoms with Gasteiger partial charge in [0, 0.05) is 25.7 Å². The number of imide groups is 1. The number of hydrogen-bond donors (Lipinski definition) is 2. The van der Waals surface area contributed by atoms with Crippen LogP contribution in [0.15, 0.2) is 18.2 Å². The summed E-state index contributed by atoms with van der Waals surface area (Å²) < 4.78 is 0. The molecule has 0 aliphatic rings. The van der Waals surface area contributed by atoms with Crippen LogP contribution in [0.1, 0.15) is 18.1 Å². The van der Waals surface area contributed by atoms with Crippen LogP contribution in [-0.2, 0) is 14.4 Å². The number of anilines is 1. The molecule has 0 radical (unpaired) electrons. The first-order chi connectivity index (χ1) is 9.38. The van der Waals surface area contributed by atoms with Crippen molar-refractivity contribution in [2.45, 2.75) is 20.8 Å². The van der Waals surface area contributed by atoms with Crippen LogP contribution in [0.25, 0.3) is 0 Å². The summed E-state index contributed by atoms with van der Waals surface area (Å²) in [5.41, 5.74) is 7.61. The monoisotopic (exact) mass is 277 g/mol. The Bertz CT molecular complexity index is 520. The van der Waals surface area contributed by atoms with E-state index in [0.29, 0.717) is 5.69 Å². The average molecular weight is 277 g/mol. The lowest BCUT2D eigenvalue weighted by atomic mass is 10.1. The second kappa shape index (κ2) is 6.81. The Morgan fingerprint density at radius 2 is 1.75 bits per heavy atom. The summed E-state index contributed by atoms with van der Waals surface area (Å²) in [4.78, 5) is 36.1. The number of benzene rings is 1. The molecule has 0 aromatic heterocycles. The number of nitrogens with one attached hydrogen (secondary N) is 1. The van der Waals surface area contributed by atoms with E-state index in [2.05, 4.69) is 5.32 Å². The molecule has 0 bridgehead atoms. The Labute approximate surface area is 117 Å². The molecule has 108 valence electrons. The molecule has 1 aromatic rings. The average Bonchev–Trinajstić information content (AvgIpc) is 2.39. The fourth-order valence-corrected chi connectivity index (χ4v) is 1.83. The zero-order chi connectivity index (χ0) is 15.3. The molecule has 0 atom stereocenters. The molecule has 20 heavy (non-hydrogen) atoms. The van der Waals surface area contributed by atoms with Crippen LogP contribution in [0.3, 0.4) is 0 Å². The molecule has 0 heterocycles. The number of hydrogen-bond acceptors (Lipinski definition) is 4. The van der Waals surface area contributed by atoms with Crippen LogP contribution in [0.2, 0.25) is 0 Å². The fraction of sp³-hybridized carbons (Fsp3) is 0.357. The number of carbonyl (C=O) groups is 3. The lowest BCUT2D eigenvalue weighted by Crippen LogP contribution is -2.44. The van der Waals surface area contributed by atoms with Gasteiger partial charge in [-0.1, -0.05) is 18.2 Å². The van der Waals surface area contributed by atoms with E-state index in [0.717, 1.165) is 16.0 Å². The van der Waals surface area contributed by atoms with Gasteiger partial charge < -0.3 is 11.1 Å². The topological polar surface area (TPSA) is 92.5 Å². The Morgan fingerprint density at radius 1 is 1.20 bits per heavy atom. The lowest BCUT2D eigenvalue weighted by Gasteiger charge is -2.18. The molecule has 0 aliphatic heterocycles. The number of carbonyl (C=O) groups excluding carboxylic acids is 3. The van der Waals surface area contributed by atoms with Crippen molar-refractivity contribution in [3.05, 3.63) is 29.3 Å². The van der Waals surface area contributed by atoms with Gasteiger partial charge in [-0.3, -0.25) is 19.3 Å². The standard InChI is InChI=1S/C14H19N3O3/c1-9-5-4-6-10(2)12(9)16-13(19)14(20)17(8-7-15)11(3)18/h4-6H,7-8,15H2,1-3H3,(H,16,19). The van der Waals surface area contributed by atoms with Crippen molar-refractivity contribution in [3.8, 4) is 0 Å². The van der Waals surface area contributed by atoms with E-state index in [4.69, 9.17) is 5.73 Å². The first kappa shape index (κ1) is 15.8. The van der Waals surface area contributed by atoms with Gasteiger partial charge in [0.1, 0.15) is 0 Å². The second-order valence-electron chi connectivity index (χ2n) is 4.49. The number of para-hydroxylation sites is 1. The first-order valence-electron chi connectivity index (χ1n) is 6.28. The number of rotatable bonds is 3.